The van der Waals surface area contributed by atoms with Gasteiger partial charge in [-0.1, -0.05) is 50.2 Å². The minimum absolute atomic E-state index is 0.155. The molecule has 0 fully saturated rings. The van der Waals surface area contributed by atoms with Crippen molar-refractivity contribution in [1.29, 1.82) is 0 Å². The smallest absolute Gasteiger partial charge is 0.230 e. The Bertz CT molecular complexity index is 1070. The number of benzene rings is 2. The fourth-order valence-electron chi connectivity index (χ4n) is 2.71. The summed E-state index contributed by atoms with van der Waals surface area (Å²) in [4.78, 5) is 17.0. The number of sulfone groups is 1. The molecule has 2 aromatic carbocycles. The van der Waals surface area contributed by atoms with Gasteiger partial charge in [-0.15, -0.1) is 11.3 Å². The number of hydrogen-bond donors (Lipinski definition) is 1. The van der Waals surface area contributed by atoms with E-state index in [0.717, 1.165) is 23.1 Å². The highest BCUT2D eigenvalue weighted by Crippen LogP contribution is 2.26. The maximum absolute atomic E-state index is 12.3. The van der Waals surface area contributed by atoms with Gasteiger partial charge in [0.2, 0.25) is 5.91 Å². The van der Waals surface area contributed by atoms with Gasteiger partial charge >= 0.3 is 0 Å². The molecule has 1 amide bonds. The number of anilines is 1. The van der Waals surface area contributed by atoms with Crippen LogP contribution in [0.4, 0.5) is 5.13 Å². The lowest BCUT2D eigenvalue weighted by atomic mass is 10.0. The molecule has 0 saturated heterocycles. The third kappa shape index (κ3) is 5.05. The number of aromatic nitrogens is 1. The highest BCUT2D eigenvalue weighted by atomic mass is 32.2. The molecule has 3 aromatic rings. The van der Waals surface area contributed by atoms with Crippen LogP contribution in [0.15, 0.2) is 58.8 Å². The minimum atomic E-state index is -3.24. The zero-order valence-corrected chi connectivity index (χ0v) is 17.6. The molecule has 0 unspecified atom stereocenters. The van der Waals surface area contributed by atoms with Crippen LogP contribution in [0.5, 0.6) is 0 Å². The molecule has 3 rings (SSSR count). The van der Waals surface area contributed by atoms with Crippen molar-refractivity contribution < 1.29 is 13.2 Å². The molecule has 5 nitrogen and oxygen atoms in total. The van der Waals surface area contributed by atoms with Crippen molar-refractivity contribution in [3.63, 3.8) is 0 Å². The van der Waals surface area contributed by atoms with Gasteiger partial charge in [0.05, 0.1) is 17.0 Å². The molecule has 1 heterocycles. The van der Waals surface area contributed by atoms with Gasteiger partial charge in [0.25, 0.3) is 0 Å². The van der Waals surface area contributed by atoms with Gasteiger partial charge in [-0.05, 0) is 29.2 Å². The van der Waals surface area contributed by atoms with Crippen molar-refractivity contribution in [2.24, 2.45) is 0 Å². The minimum Gasteiger partial charge on any atom is -0.302 e. The van der Waals surface area contributed by atoms with Crippen LogP contribution >= 0.6 is 11.3 Å². The predicted octanol–water partition coefficient (Wildman–Crippen LogP) is 4.52. The average Bonchev–Trinajstić information content (AvgIpc) is 3.09. The normalized spacial score (nSPS) is 11.6. The summed E-state index contributed by atoms with van der Waals surface area (Å²) >= 11 is 1.38. The largest absolute Gasteiger partial charge is 0.302 e. The average molecular weight is 415 g/mol. The Labute approximate surface area is 169 Å². The predicted molar refractivity (Wildman–Crippen MR) is 114 cm³/mol. The molecule has 0 aliphatic heterocycles. The second kappa shape index (κ2) is 8.24. The topological polar surface area (TPSA) is 76.1 Å². The van der Waals surface area contributed by atoms with Gasteiger partial charge in [-0.25, -0.2) is 13.4 Å². The van der Waals surface area contributed by atoms with Gasteiger partial charge in [0.15, 0.2) is 15.0 Å². The molecular weight excluding hydrogens is 392 g/mol. The van der Waals surface area contributed by atoms with Crippen LogP contribution in [0.3, 0.4) is 0 Å². The fourth-order valence-corrected chi connectivity index (χ4v) is 4.07. The van der Waals surface area contributed by atoms with Crippen molar-refractivity contribution in [1.82, 2.24) is 4.98 Å². The summed E-state index contributed by atoms with van der Waals surface area (Å²) in [5.41, 5.74) is 3.85. The second-order valence-electron chi connectivity index (χ2n) is 6.96. The quantitative estimate of drug-likeness (QED) is 0.643. The number of hydrogen-bond acceptors (Lipinski definition) is 5. The van der Waals surface area contributed by atoms with E-state index in [0.29, 0.717) is 11.0 Å². The molecule has 1 aromatic heterocycles. The van der Waals surface area contributed by atoms with E-state index in [9.17, 15) is 13.2 Å². The first kappa shape index (κ1) is 20.2. The van der Waals surface area contributed by atoms with Crippen LogP contribution in [0.1, 0.15) is 30.9 Å². The number of rotatable bonds is 6. The molecule has 0 radical (unpaired) electrons. The zero-order chi connectivity index (χ0) is 20.3. The number of carbonyl (C=O) groups excluding carboxylic acids is 1. The van der Waals surface area contributed by atoms with Crippen LogP contribution < -0.4 is 5.32 Å². The van der Waals surface area contributed by atoms with Crippen molar-refractivity contribution in [3.05, 3.63) is 65.0 Å². The Hall–Kier alpha value is -2.51. The summed E-state index contributed by atoms with van der Waals surface area (Å²) in [7, 11) is -3.24. The summed E-state index contributed by atoms with van der Waals surface area (Å²) in [5, 5.41) is 5.27. The number of carbonyl (C=O) groups is 1. The third-order valence-corrected chi connectivity index (χ3v) is 6.23. The van der Waals surface area contributed by atoms with E-state index in [1.165, 1.54) is 29.0 Å². The number of thiazole rings is 1. The highest BCUT2D eigenvalue weighted by molar-refractivity contribution is 7.90. The van der Waals surface area contributed by atoms with Crippen molar-refractivity contribution in [2.45, 2.75) is 31.1 Å². The first-order chi connectivity index (χ1) is 13.2. The fraction of sp³-hybridized carbons (Fsp3) is 0.238. The molecule has 0 aliphatic carbocycles. The SMILES string of the molecule is CC(C)c1ccc(-c2csc(NC(=O)Cc3ccc(S(C)(=O)=O)cc3)n2)cc1. The molecule has 0 bridgehead atoms. The molecule has 0 atom stereocenters. The Balaban J connectivity index is 1.63. The summed E-state index contributed by atoms with van der Waals surface area (Å²) in [6.07, 6.45) is 1.31. The van der Waals surface area contributed by atoms with E-state index in [1.54, 1.807) is 12.1 Å². The molecule has 0 saturated carbocycles. The lowest BCUT2D eigenvalue weighted by molar-refractivity contribution is -0.115. The van der Waals surface area contributed by atoms with Crippen molar-refractivity contribution in [3.8, 4) is 11.3 Å². The van der Waals surface area contributed by atoms with Crippen LogP contribution in [0, 0.1) is 0 Å². The van der Waals surface area contributed by atoms with Gasteiger partial charge in [0.1, 0.15) is 0 Å². The van der Waals surface area contributed by atoms with E-state index in [2.05, 4.69) is 36.3 Å². The first-order valence-electron chi connectivity index (χ1n) is 8.87. The first-order valence-corrected chi connectivity index (χ1v) is 11.6. The van der Waals surface area contributed by atoms with Gasteiger partial charge in [-0.3, -0.25) is 4.79 Å². The van der Waals surface area contributed by atoms with Crippen LogP contribution in [-0.4, -0.2) is 25.6 Å². The maximum Gasteiger partial charge on any atom is 0.230 e. The van der Waals surface area contributed by atoms with E-state index in [1.807, 2.05) is 17.5 Å². The Morgan fingerprint density at radius 1 is 1.07 bits per heavy atom. The lowest BCUT2D eigenvalue weighted by Gasteiger charge is -2.05. The van der Waals surface area contributed by atoms with Gasteiger partial charge in [0, 0.05) is 17.2 Å². The highest BCUT2D eigenvalue weighted by Gasteiger charge is 2.11. The van der Waals surface area contributed by atoms with Crippen LogP contribution in [0.2, 0.25) is 0 Å². The second-order valence-corrected chi connectivity index (χ2v) is 9.83. The van der Waals surface area contributed by atoms with Crippen molar-refractivity contribution >= 4 is 32.2 Å². The van der Waals surface area contributed by atoms with Gasteiger partial charge in [-0.2, -0.15) is 0 Å². The maximum atomic E-state index is 12.3. The molecule has 0 spiro atoms. The Morgan fingerprint density at radius 3 is 2.29 bits per heavy atom. The molecule has 7 heteroatoms. The Morgan fingerprint density at radius 2 is 1.71 bits per heavy atom. The zero-order valence-electron chi connectivity index (χ0n) is 16.0. The summed E-state index contributed by atoms with van der Waals surface area (Å²) in [6.45, 7) is 4.31. The van der Waals surface area contributed by atoms with E-state index >= 15 is 0 Å². The number of nitrogens with zero attached hydrogens (tertiary/aromatic N) is 1. The lowest BCUT2D eigenvalue weighted by Crippen LogP contribution is -2.14. The third-order valence-electron chi connectivity index (χ3n) is 4.34. The van der Waals surface area contributed by atoms with Crippen LogP contribution in [-0.2, 0) is 21.1 Å². The monoisotopic (exact) mass is 414 g/mol. The summed E-state index contributed by atoms with van der Waals surface area (Å²) in [6, 6.07) is 14.6. The van der Waals surface area contributed by atoms with E-state index < -0.39 is 9.84 Å². The molecule has 28 heavy (non-hydrogen) atoms. The van der Waals surface area contributed by atoms with E-state index in [-0.39, 0.29) is 17.2 Å². The Kier molecular flexibility index (Phi) is 5.96. The van der Waals surface area contributed by atoms with Crippen molar-refractivity contribution in [2.75, 3.05) is 11.6 Å². The standard InChI is InChI=1S/C21H22N2O3S2/c1-14(2)16-6-8-17(9-7-16)19-13-27-21(22-19)23-20(24)12-15-4-10-18(11-5-15)28(3,25)26/h4-11,13-14H,12H2,1-3H3,(H,22,23,24). The van der Waals surface area contributed by atoms with E-state index in [4.69, 9.17) is 0 Å². The molecule has 1 N–H and O–H groups in total. The number of nitrogens with one attached hydrogen (secondary N) is 1. The van der Waals surface area contributed by atoms with Gasteiger partial charge < -0.3 is 5.32 Å². The number of amides is 1. The summed E-state index contributed by atoms with van der Waals surface area (Å²) in [5.74, 6) is 0.286. The molecular formula is C21H22N2O3S2. The molecule has 146 valence electrons. The summed E-state index contributed by atoms with van der Waals surface area (Å²) < 4.78 is 23.0. The molecule has 0 aliphatic rings. The van der Waals surface area contributed by atoms with Crippen LogP contribution in [0.25, 0.3) is 11.3 Å².